The molecule has 4 heteroatoms. The molecule has 1 amide bonds. The predicted octanol–water partition coefficient (Wildman–Crippen LogP) is 2.26. The van der Waals surface area contributed by atoms with Gasteiger partial charge in [0.25, 0.3) is 0 Å². The largest absolute Gasteiger partial charge is 0.339 e. The summed E-state index contributed by atoms with van der Waals surface area (Å²) in [6, 6.07) is 2.25. The zero-order chi connectivity index (χ0) is 14.7. The van der Waals surface area contributed by atoms with Gasteiger partial charge in [-0.1, -0.05) is 13.8 Å². The molecule has 0 unspecified atom stereocenters. The maximum atomic E-state index is 12.6. The first kappa shape index (κ1) is 16.0. The second-order valence-electron chi connectivity index (χ2n) is 6.35. The number of hydrogen-bond acceptors (Lipinski definition) is 3. The Morgan fingerprint density at radius 1 is 1.11 bits per heavy atom. The summed E-state index contributed by atoms with van der Waals surface area (Å²) in [6.45, 7) is 13.7. The van der Waals surface area contributed by atoms with Crippen LogP contribution in [0.1, 0.15) is 47.5 Å². The smallest absolute Gasteiger partial charge is 0.243 e. The normalized spacial score (nSPS) is 18.2. The van der Waals surface area contributed by atoms with Crippen molar-refractivity contribution in [3.63, 3.8) is 0 Å². The first-order valence-electron chi connectivity index (χ1n) is 7.26. The summed E-state index contributed by atoms with van der Waals surface area (Å²) < 4.78 is 0. The topological polar surface area (TPSA) is 47.3 Å². The molecule has 0 saturated carbocycles. The second-order valence-corrected chi connectivity index (χ2v) is 6.35. The predicted molar refractivity (Wildman–Crippen MR) is 76.5 cm³/mol. The van der Waals surface area contributed by atoms with Gasteiger partial charge in [-0.05, 0) is 33.6 Å². The summed E-state index contributed by atoms with van der Waals surface area (Å²) in [7, 11) is 0. The van der Waals surface area contributed by atoms with Gasteiger partial charge in [0.1, 0.15) is 5.41 Å². The standard InChI is InChI=1S/C15H27N3O/c1-6-15(7-2,12-16)13(19)17-8-10-18(11-9-17)14(3,4)5/h6-11H2,1-5H3. The zero-order valence-corrected chi connectivity index (χ0v) is 13.0. The van der Waals surface area contributed by atoms with Gasteiger partial charge >= 0.3 is 0 Å². The lowest BCUT2D eigenvalue weighted by molar-refractivity contribution is -0.142. The Morgan fingerprint density at radius 3 is 1.89 bits per heavy atom. The summed E-state index contributed by atoms with van der Waals surface area (Å²) in [5.41, 5.74) is -0.666. The Bertz CT molecular complexity index is 353. The van der Waals surface area contributed by atoms with Crippen molar-refractivity contribution in [1.29, 1.82) is 5.26 Å². The van der Waals surface area contributed by atoms with Crippen LogP contribution in [0.25, 0.3) is 0 Å². The first-order chi connectivity index (χ1) is 8.80. The van der Waals surface area contributed by atoms with E-state index in [-0.39, 0.29) is 11.4 Å². The lowest BCUT2D eigenvalue weighted by atomic mass is 9.82. The molecule has 0 aromatic heterocycles. The number of carbonyl (C=O) groups excluding carboxylic acids is 1. The lowest BCUT2D eigenvalue weighted by Gasteiger charge is -2.43. The van der Waals surface area contributed by atoms with E-state index in [4.69, 9.17) is 0 Å². The Hall–Kier alpha value is -1.08. The van der Waals surface area contributed by atoms with E-state index in [1.807, 2.05) is 18.7 Å². The number of piperazine rings is 1. The fraction of sp³-hybridized carbons (Fsp3) is 0.867. The highest BCUT2D eigenvalue weighted by molar-refractivity contribution is 5.85. The number of nitrogens with zero attached hydrogens (tertiary/aromatic N) is 3. The fourth-order valence-electron chi connectivity index (χ4n) is 2.64. The van der Waals surface area contributed by atoms with E-state index in [1.54, 1.807) is 0 Å². The van der Waals surface area contributed by atoms with Gasteiger partial charge in [0.2, 0.25) is 5.91 Å². The Kier molecular flexibility index (Phi) is 4.98. The monoisotopic (exact) mass is 265 g/mol. The number of hydrogen-bond donors (Lipinski definition) is 0. The molecule has 108 valence electrons. The molecule has 0 bridgehead atoms. The maximum Gasteiger partial charge on any atom is 0.243 e. The van der Waals surface area contributed by atoms with Gasteiger partial charge in [-0.25, -0.2) is 0 Å². The number of amides is 1. The summed E-state index contributed by atoms with van der Waals surface area (Å²) in [5.74, 6) is 0.0218. The number of nitriles is 1. The van der Waals surface area contributed by atoms with Gasteiger partial charge in [-0.2, -0.15) is 5.26 Å². The van der Waals surface area contributed by atoms with Gasteiger partial charge < -0.3 is 4.90 Å². The first-order valence-corrected chi connectivity index (χ1v) is 7.26. The van der Waals surface area contributed by atoms with Gasteiger partial charge in [-0.15, -0.1) is 0 Å². The molecule has 0 aromatic rings. The molecule has 0 atom stereocenters. The van der Waals surface area contributed by atoms with E-state index in [9.17, 15) is 10.1 Å². The highest BCUT2D eigenvalue weighted by Gasteiger charge is 2.40. The summed E-state index contributed by atoms with van der Waals surface area (Å²) in [6.07, 6.45) is 1.19. The third-order valence-corrected chi connectivity index (χ3v) is 4.35. The van der Waals surface area contributed by atoms with Crippen LogP contribution in [0.4, 0.5) is 0 Å². The van der Waals surface area contributed by atoms with E-state index in [0.29, 0.717) is 12.8 Å². The lowest BCUT2D eigenvalue weighted by Crippen LogP contribution is -2.56. The van der Waals surface area contributed by atoms with E-state index >= 15 is 0 Å². The summed E-state index contributed by atoms with van der Waals surface area (Å²) in [4.78, 5) is 16.8. The highest BCUT2D eigenvalue weighted by atomic mass is 16.2. The molecule has 19 heavy (non-hydrogen) atoms. The van der Waals surface area contributed by atoms with Crippen LogP contribution >= 0.6 is 0 Å². The van der Waals surface area contributed by atoms with Crippen LogP contribution < -0.4 is 0 Å². The number of rotatable bonds is 3. The van der Waals surface area contributed by atoms with Crippen LogP contribution in [0.5, 0.6) is 0 Å². The summed E-state index contributed by atoms with van der Waals surface area (Å²) >= 11 is 0. The molecule has 1 aliphatic rings. The van der Waals surface area contributed by atoms with Gasteiger partial charge in [0, 0.05) is 31.7 Å². The molecule has 4 nitrogen and oxygen atoms in total. The molecule has 0 N–H and O–H groups in total. The van der Waals surface area contributed by atoms with E-state index in [1.165, 1.54) is 0 Å². The number of carbonyl (C=O) groups is 1. The third kappa shape index (κ3) is 3.27. The van der Waals surface area contributed by atoms with E-state index < -0.39 is 5.41 Å². The average Bonchev–Trinajstić information content (AvgIpc) is 2.40. The molecule has 0 radical (unpaired) electrons. The van der Waals surface area contributed by atoms with Crippen molar-refractivity contribution in [2.45, 2.75) is 53.0 Å². The Morgan fingerprint density at radius 2 is 1.58 bits per heavy atom. The molecule has 1 fully saturated rings. The molecular formula is C15H27N3O. The zero-order valence-electron chi connectivity index (χ0n) is 13.0. The quantitative estimate of drug-likeness (QED) is 0.786. The van der Waals surface area contributed by atoms with Gasteiger partial charge in [-0.3, -0.25) is 9.69 Å². The molecule has 1 saturated heterocycles. The van der Waals surface area contributed by atoms with Crippen molar-refractivity contribution in [3.8, 4) is 6.07 Å². The molecule has 0 spiro atoms. The van der Waals surface area contributed by atoms with Crippen LogP contribution in [0.15, 0.2) is 0 Å². The van der Waals surface area contributed by atoms with E-state index in [0.717, 1.165) is 26.2 Å². The van der Waals surface area contributed by atoms with Crippen molar-refractivity contribution in [1.82, 2.24) is 9.80 Å². The molecular weight excluding hydrogens is 238 g/mol. The van der Waals surface area contributed by atoms with Crippen molar-refractivity contribution in [2.75, 3.05) is 26.2 Å². The van der Waals surface area contributed by atoms with Crippen LogP contribution in [-0.4, -0.2) is 47.4 Å². The molecule has 0 aromatic carbocycles. The van der Waals surface area contributed by atoms with Crippen molar-refractivity contribution < 1.29 is 4.79 Å². The average molecular weight is 265 g/mol. The Labute approximate surface area is 117 Å². The van der Waals surface area contributed by atoms with Crippen LogP contribution in [0, 0.1) is 16.7 Å². The van der Waals surface area contributed by atoms with Gasteiger partial charge in [0.15, 0.2) is 0 Å². The van der Waals surface area contributed by atoms with Crippen molar-refractivity contribution in [2.24, 2.45) is 5.41 Å². The highest BCUT2D eigenvalue weighted by Crippen LogP contribution is 2.29. The molecule has 0 aliphatic carbocycles. The Balaban J connectivity index is 2.71. The van der Waals surface area contributed by atoms with Crippen molar-refractivity contribution in [3.05, 3.63) is 0 Å². The van der Waals surface area contributed by atoms with Gasteiger partial charge in [0.05, 0.1) is 6.07 Å². The molecule has 1 aliphatic heterocycles. The second kappa shape index (κ2) is 5.92. The van der Waals surface area contributed by atoms with Crippen molar-refractivity contribution >= 4 is 5.91 Å². The minimum atomic E-state index is -0.816. The van der Waals surface area contributed by atoms with E-state index in [2.05, 4.69) is 31.7 Å². The van der Waals surface area contributed by atoms with Crippen LogP contribution in [0.2, 0.25) is 0 Å². The minimum Gasteiger partial charge on any atom is -0.339 e. The third-order valence-electron chi connectivity index (χ3n) is 4.35. The summed E-state index contributed by atoms with van der Waals surface area (Å²) in [5, 5.41) is 9.35. The molecule has 1 rings (SSSR count). The minimum absolute atomic E-state index is 0.0218. The SMILES string of the molecule is CCC(C#N)(CC)C(=O)N1CCN(C(C)(C)C)CC1. The maximum absolute atomic E-state index is 12.6. The molecule has 1 heterocycles. The fourth-order valence-corrected chi connectivity index (χ4v) is 2.64. The van der Waals surface area contributed by atoms with Crippen LogP contribution in [0.3, 0.4) is 0 Å². The van der Waals surface area contributed by atoms with Crippen LogP contribution in [-0.2, 0) is 4.79 Å².